The smallest absolute Gasteiger partial charge is 0.148 e. The van der Waals surface area contributed by atoms with Crippen LogP contribution in [0.3, 0.4) is 0 Å². The summed E-state index contributed by atoms with van der Waals surface area (Å²) in [5.74, 6) is -0.354. The Morgan fingerprint density at radius 2 is 1.96 bits per heavy atom. The van der Waals surface area contributed by atoms with Crippen molar-refractivity contribution in [3.05, 3.63) is 58.7 Å². The molecule has 0 saturated carbocycles. The largest absolute Gasteiger partial charge is 0.395 e. The molecule has 0 fully saturated rings. The Balaban J connectivity index is 2.14. The van der Waals surface area contributed by atoms with Crippen LogP contribution in [0.4, 0.5) is 26.0 Å². The Morgan fingerprint density at radius 1 is 1.21 bits per heavy atom. The molecule has 0 amide bonds. The lowest BCUT2D eigenvalue weighted by molar-refractivity contribution is 0.628. The first-order chi connectivity index (χ1) is 11.4. The molecule has 3 aromatic rings. The van der Waals surface area contributed by atoms with Gasteiger partial charge in [0.1, 0.15) is 17.5 Å². The predicted molar refractivity (Wildman–Crippen MR) is 92.4 cm³/mol. The molecule has 7 heteroatoms. The maximum absolute atomic E-state index is 13.7. The standard InChI is InChI=1S/C17H15ClF2N4/c1-9-15(11-7-6-10(19)8-12(11)18)17(24(2)23-9)22-14-5-3-4-13(20)16(14)21/h3-8,22H,21H2,1-2H3. The molecule has 0 aliphatic heterocycles. The van der Waals surface area contributed by atoms with Crippen LogP contribution >= 0.6 is 11.6 Å². The molecule has 1 heterocycles. The van der Waals surface area contributed by atoms with Crippen LogP contribution in [0.1, 0.15) is 5.69 Å². The van der Waals surface area contributed by atoms with E-state index >= 15 is 0 Å². The Bertz CT molecular complexity index is 921. The summed E-state index contributed by atoms with van der Waals surface area (Å²) in [4.78, 5) is 0. The topological polar surface area (TPSA) is 55.9 Å². The molecule has 2 aromatic carbocycles. The number of nitrogens with one attached hydrogen (secondary N) is 1. The van der Waals surface area contributed by atoms with Gasteiger partial charge in [-0.2, -0.15) is 5.10 Å². The number of nitrogens with two attached hydrogens (primary N) is 1. The molecule has 0 unspecified atom stereocenters. The van der Waals surface area contributed by atoms with Crippen LogP contribution in [-0.2, 0) is 7.05 Å². The SMILES string of the molecule is Cc1nn(C)c(Nc2cccc(F)c2N)c1-c1ccc(F)cc1Cl. The minimum absolute atomic E-state index is 0.00695. The van der Waals surface area contributed by atoms with E-state index in [0.29, 0.717) is 28.3 Å². The van der Waals surface area contributed by atoms with Crippen molar-refractivity contribution in [2.45, 2.75) is 6.92 Å². The lowest BCUT2D eigenvalue weighted by Crippen LogP contribution is -2.04. The molecule has 3 rings (SSSR count). The molecular formula is C17H15ClF2N4. The third-order valence-electron chi connectivity index (χ3n) is 3.73. The molecule has 4 nitrogen and oxygen atoms in total. The van der Waals surface area contributed by atoms with Crippen molar-refractivity contribution in [2.24, 2.45) is 7.05 Å². The second kappa shape index (κ2) is 6.13. The average molecular weight is 349 g/mol. The second-order valence-electron chi connectivity index (χ2n) is 5.38. The summed E-state index contributed by atoms with van der Waals surface area (Å²) in [7, 11) is 1.74. The zero-order valence-electron chi connectivity index (χ0n) is 13.1. The molecule has 0 spiro atoms. The predicted octanol–water partition coefficient (Wildman–Crippen LogP) is 4.65. The number of halogens is 3. The third-order valence-corrected chi connectivity index (χ3v) is 4.04. The number of aryl methyl sites for hydroxylation is 2. The van der Waals surface area contributed by atoms with Crippen molar-refractivity contribution in [1.82, 2.24) is 9.78 Å². The summed E-state index contributed by atoms with van der Waals surface area (Å²) in [6.45, 7) is 1.81. The fourth-order valence-corrected chi connectivity index (χ4v) is 2.85. The van der Waals surface area contributed by atoms with Gasteiger partial charge in [-0.25, -0.2) is 8.78 Å². The quantitative estimate of drug-likeness (QED) is 0.677. The van der Waals surface area contributed by atoms with E-state index in [9.17, 15) is 8.78 Å². The highest BCUT2D eigenvalue weighted by Crippen LogP contribution is 2.38. The van der Waals surface area contributed by atoms with Gasteiger partial charge in [0, 0.05) is 18.2 Å². The van der Waals surface area contributed by atoms with Crippen LogP contribution in [-0.4, -0.2) is 9.78 Å². The van der Waals surface area contributed by atoms with E-state index in [1.165, 1.54) is 18.2 Å². The van der Waals surface area contributed by atoms with Gasteiger partial charge in [-0.05, 0) is 37.3 Å². The third kappa shape index (κ3) is 2.80. The maximum Gasteiger partial charge on any atom is 0.148 e. The first kappa shape index (κ1) is 16.3. The summed E-state index contributed by atoms with van der Waals surface area (Å²) in [5.41, 5.74) is 8.23. The lowest BCUT2D eigenvalue weighted by atomic mass is 10.1. The van der Waals surface area contributed by atoms with Crippen LogP contribution in [0.2, 0.25) is 5.02 Å². The summed E-state index contributed by atoms with van der Waals surface area (Å²) in [6, 6.07) is 8.66. The number of rotatable bonds is 3. The van der Waals surface area contributed by atoms with E-state index in [4.69, 9.17) is 17.3 Å². The van der Waals surface area contributed by atoms with E-state index in [-0.39, 0.29) is 10.7 Å². The molecule has 1 aromatic heterocycles. The van der Waals surface area contributed by atoms with Gasteiger partial charge in [-0.1, -0.05) is 17.7 Å². The van der Waals surface area contributed by atoms with Crippen molar-refractivity contribution in [3.8, 4) is 11.1 Å². The van der Waals surface area contributed by atoms with Crippen LogP contribution < -0.4 is 11.1 Å². The number of benzene rings is 2. The van der Waals surface area contributed by atoms with Crippen molar-refractivity contribution < 1.29 is 8.78 Å². The van der Waals surface area contributed by atoms with Gasteiger partial charge in [-0.3, -0.25) is 4.68 Å². The van der Waals surface area contributed by atoms with Gasteiger partial charge in [0.25, 0.3) is 0 Å². The Kier molecular flexibility index (Phi) is 4.15. The van der Waals surface area contributed by atoms with Crippen LogP contribution in [0.25, 0.3) is 11.1 Å². The molecule has 0 radical (unpaired) electrons. The Hall–Kier alpha value is -2.60. The normalized spacial score (nSPS) is 10.9. The van der Waals surface area contributed by atoms with Gasteiger partial charge < -0.3 is 11.1 Å². The van der Waals surface area contributed by atoms with Crippen molar-refractivity contribution >= 4 is 28.8 Å². The van der Waals surface area contributed by atoms with Crippen LogP contribution in [0.15, 0.2) is 36.4 Å². The molecule has 24 heavy (non-hydrogen) atoms. The Labute approximate surface area is 142 Å². The van der Waals surface area contributed by atoms with E-state index in [0.717, 1.165) is 0 Å². The molecule has 3 N–H and O–H groups in total. The highest BCUT2D eigenvalue weighted by Gasteiger charge is 2.19. The number of anilines is 3. The Morgan fingerprint density at radius 3 is 2.67 bits per heavy atom. The molecule has 0 aliphatic carbocycles. The van der Waals surface area contributed by atoms with E-state index in [2.05, 4.69) is 10.4 Å². The van der Waals surface area contributed by atoms with Crippen molar-refractivity contribution in [3.63, 3.8) is 0 Å². The molecule has 124 valence electrons. The zero-order chi connectivity index (χ0) is 17.4. The van der Waals surface area contributed by atoms with E-state index < -0.39 is 11.6 Å². The van der Waals surface area contributed by atoms with E-state index in [1.807, 2.05) is 6.92 Å². The van der Waals surface area contributed by atoms with Gasteiger partial charge in [0.15, 0.2) is 0 Å². The van der Waals surface area contributed by atoms with E-state index in [1.54, 1.807) is 29.9 Å². The van der Waals surface area contributed by atoms with Gasteiger partial charge >= 0.3 is 0 Å². The molecular weight excluding hydrogens is 334 g/mol. The summed E-state index contributed by atoms with van der Waals surface area (Å²) >= 11 is 6.19. The van der Waals surface area contributed by atoms with Crippen LogP contribution in [0, 0.1) is 18.6 Å². The number of aromatic nitrogens is 2. The minimum Gasteiger partial charge on any atom is -0.395 e. The molecule has 0 atom stereocenters. The summed E-state index contributed by atoms with van der Waals surface area (Å²) < 4.78 is 28.6. The maximum atomic E-state index is 13.7. The first-order valence-corrected chi connectivity index (χ1v) is 7.56. The molecule has 0 saturated heterocycles. The summed E-state index contributed by atoms with van der Waals surface area (Å²) in [5, 5.41) is 7.73. The minimum atomic E-state index is -0.514. The van der Waals surface area contributed by atoms with Gasteiger partial charge in [0.2, 0.25) is 0 Å². The summed E-state index contributed by atoms with van der Waals surface area (Å²) in [6.07, 6.45) is 0. The average Bonchev–Trinajstić information content (AvgIpc) is 2.78. The number of hydrogen-bond donors (Lipinski definition) is 2. The molecule has 0 aliphatic rings. The second-order valence-corrected chi connectivity index (χ2v) is 5.79. The number of hydrogen-bond acceptors (Lipinski definition) is 3. The molecule has 0 bridgehead atoms. The van der Waals surface area contributed by atoms with Gasteiger partial charge in [-0.15, -0.1) is 0 Å². The van der Waals surface area contributed by atoms with Crippen molar-refractivity contribution in [2.75, 3.05) is 11.1 Å². The van der Waals surface area contributed by atoms with Crippen LogP contribution in [0.5, 0.6) is 0 Å². The highest BCUT2D eigenvalue weighted by atomic mass is 35.5. The van der Waals surface area contributed by atoms with Crippen molar-refractivity contribution in [1.29, 1.82) is 0 Å². The lowest BCUT2D eigenvalue weighted by Gasteiger charge is -2.13. The van der Waals surface area contributed by atoms with Gasteiger partial charge in [0.05, 0.1) is 22.1 Å². The highest BCUT2D eigenvalue weighted by molar-refractivity contribution is 6.33. The number of para-hydroxylation sites is 1. The number of nitrogen functional groups attached to an aromatic ring is 1. The fraction of sp³-hybridized carbons (Fsp3) is 0.118. The fourth-order valence-electron chi connectivity index (χ4n) is 2.59. The zero-order valence-corrected chi connectivity index (χ0v) is 13.8. The number of nitrogens with zero attached hydrogens (tertiary/aromatic N) is 2. The monoisotopic (exact) mass is 348 g/mol. The first-order valence-electron chi connectivity index (χ1n) is 7.18.